The van der Waals surface area contributed by atoms with Crippen LogP contribution in [-0.4, -0.2) is 63.7 Å². The van der Waals surface area contributed by atoms with Gasteiger partial charge >= 0.3 is 0 Å². The number of unbranched alkanes of at least 4 members (excludes halogenated alkanes) is 5. The van der Waals surface area contributed by atoms with E-state index in [0.717, 1.165) is 84.1 Å². The Kier molecular flexibility index (Phi) is 22.5. The first kappa shape index (κ1) is 29.8. The SMILES string of the molecule is CCCCCCC(=O)NCCCC[C@@H](N)C(=O)NCCCNCCCCNCCCN. The highest BCUT2D eigenvalue weighted by molar-refractivity contribution is 5.81. The second-order valence-corrected chi connectivity index (χ2v) is 8.26. The molecule has 8 nitrogen and oxygen atoms in total. The van der Waals surface area contributed by atoms with Crippen LogP contribution in [0.5, 0.6) is 0 Å². The highest BCUT2D eigenvalue weighted by atomic mass is 16.2. The Hall–Kier alpha value is -1.22. The minimum absolute atomic E-state index is 0.0801. The minimum Gasteiger partial charge on any atom is -0.356 e. The van der Waals surface area contributed by atoms with Crippen molar-refractivity contribution in [3.8, 4) is 0 Å². The lowest BCUT2D eigenvalue weighted by molar-refractivity contribution is -0.123. The minimum atomic E-state index is -0.468. The Balaban J connectivity index is 3.41. The maximum atomic E-state index is 12.0. The van der Waals surface area contributed by atoms with Crippen molar-refractivity contribution in [2.75, 3.05) is 45.8 Å². The van der Waals surface area contributed by atoms with Gasteiger partial charge in [0.15, 0.2) is 0 Å². The van der Waals surface area contributed by atoms with Crippen molar-refractivity contribution in [3.63, 3.8) is 0 Å². The van der Waals surface area contributed by atoms with Crippen LogP contribution >= 0.6 is 0 Å². The van der Waals surface area contributed by atoms with Gasteiger partial charge in [-0.2, -0.15) is 0 Å². The third-order valence-corrected chi connectivity index (χ3v) is 5.20. The van der Waals surface area contributed by atoms with E-state index in [-0.39, 0.29) is 11.8 Å². The predicted molar refractivity (Wildman–Crippen MR) is 130 cm³/mol. The smallest absolute Gasteiger partial charge is 0.236 e. The van der Waals surface area contributed by atoms with E-state index in [0.29, 0.717) is 25.9 Å². The van der Waals surface area contributed by atoms with Crippen molar-refractivity contribution in [2.24, 2.45) is 11.5 Å². The Labute approximate surface area is 190 Å². The van der Waals surface area contributed by atoms with Crippen LogP contribution in [0, 0.1) is 0 Å². The fraction of sp³-hybridized carbons (Fsp3) is 0.913. The first-order chi connectivity index (χ1) is 15.1. The predicted octanol–water partition coefficient (Wildman–Crippen LogP) is 1.39. The Morgan fingerprint density at radius 2 is 1.32 bits per heavy atom. The molecule has 0 unspecified atom stereocenters. The number of amides is 2. The van der Waals surface area contributed by atoms with E-state index in [1.807, 2.05) is 0 Å². The molecule has 0 aliphatic heterocycles. The van der Waals surface area contributed by atoms with E-state index in [1.165, 1.54) is 12.8 Å². The van der Waals surface area contributed by atoms with Crippen molar-refractivity contribution in [2.45, 2.75) is 90.0 Å². The average molecular weight is 443 g/mol. The third kappa shape index (κ3) is 21.8. The van der Waals surface area contributed by atoms with Gasteiger partial charge in [-0.3, -0.25) is 9.59 Å². The van der Waals surface area contributed by atoms with Gasteiger partial charge in [-0.15, -0.1) is 0 Å². The van der Waals surface area contributed by atoms with E-state index in [4.69, 9.17) is 11.5 Å². The number of hydrogen-bond donors (Lipinski definition) is 6. The number of nitrogens with two attached hydrogens (primary N) is 2. The number of carbonyl (C=O) groups is 2. The zero-order chi connectivity index (χ0) is 23.0. The molecule has 0 saturated heterocycles. The lowest BCUT2D eigenvalue weighted by atomic mass is 10.1. The summed E-state index contributed by atoms with van der Waals surface area (Å²) in [5, 5.41) is 12.6. The highest BCUT2D eigenvalue weighted by Crippen LogP contribution is 2.03. The van der Waals surface area contributed by atoms with E-state index in [2.05, 4.69) is 28.2 Å². The second-order valence-electron chi connectivity index (χ2n) is 8.26. The molecule has 8 N–H and O–H groups in total. The van der Waals surface area contributed by atoms with Gasteiger partial charge in [0.25, 0.3) is 0 Å². The summed E-state index contributed by atoms with van der Waals surface area (Å²) in [5.74, 6) is 0.0504. The highest BCUT2D eigenvalue weighted by Gasteiger charge is 2.12. The number of hydrogen-bond acceptors (Lipinski definition) is 6. The molecule has 0 aliphatic rings. The lowest BCUT2D eigenvalue weighted by Gasteiger charge is -2.12. The largest absolute Gasteiger partial charge is 0.356 e. The Morgan fingerprint density at radius 1 is 0.710 bits per heavy atom. The lowest BCUT2D eigenvalue weighted by Crippen LogP contribution is -2.41. The monoisotopic (exact) mass is 442 g/mol. The number of carbonyl (C=O) groups excluding carboxylic acids is 2. The number of nitrogens with one attached hydrogen (secondary N) is 4. The molecule has 0 bridgehead atoms. The molecule has 0 aromatic rings. The standard InChI is InChI=1S/C23H50N6O2/c1-2-3-4-5-13-22(30)28-19-7-6-12-21(25)23(31)29-20-11-18-27-16-9-8-15-26-17-10-14-24/h21,26-27H,2-20,24-25H2,1H3,(H,28,30)(H,29,31)/t21-/m1/s1. The van der Waals surface area contributed by atoms with E-state index >= 15 is 0 Å². The molecular weight excluding hydrogens is 392 g/mol. The van der Waals surface area contributed by atoms with Crippen molar-refractivity contribution < 1.29 is 9.59 Å². The molecule has 0 radical (unpaired) electrons. The molecular formula is C23H50N6O2. The molecule has 0 aromatic carbocycles. The summed E-state index contributed by atoms with van der Waals surface area (Å²) in [7, 11) is 0. The third-order valence-electron chi connectivity index (χ3n) is 5.20. The van der Waals surface area contributed by atoms with Crippen LogP contribution in [0.2, 0.25) is 0 Å². The summed E-state index contributed by atoms with van der Waals surface area (Å²) in [6, 6.07) is -0.468. The molecule has 0 spiro atoms. The maximum Gasteiger partial charge on any atom is 0.236 e. The molecule has 0 saturated carbocycles. The second kappa shape index (κ2) is 23.4. The van der Waals surface area contributed by atoms with Crippen LogP contribution in [0.25, 0.3) is 0 Å². The molecule has 1 atom stereocenters. The Bertz CT molecular complexity index is 423. The summed E-state index contributed by atoms with van der Waals surface area (Å²) in [4.78, 5) is 23.7. The summed E-state index contributed by atoms with van der Waals surface area (Å²) in [6.07, 6.45) is 11.7. The van der Waals surface area contributed by atoms with Gasteiger partial charge in [-0.1, -0.05) is 26.2 Å². The molecule has 8 heteroatoms. The van der Waals surface area contributed by atoms with Crippen LogP contribution < -0.4 is 32.7 Å². The molecule has 0 aromatic heterocycles. The van der Waals surface area contributed by atoms with E-state index in [9.17, 15) is 9.59 Å². The van der Waals surface area contributed by atoms with Crippen LogP contribution in [0.1, 0.15) is 84.0 Å². The van der Waals surface area contributed by atoms with Crippen molar-refractivity contribution >= 4 is 11.8 Å². The van der Waals surface area contributed by atoms with Crippen molar-refractivity contribution in [3.05, 3.63) is 0 Å². The van der Waals surface area contributed by atoms with Crippen molar-refractivity contribution in [1.29, 1.82) is 0 Å². The fourth-order valence-corrected chi connectivity index (χ4v) is 3.18. The first-order valence-corrected chi connectivity index (χ1v) is 12.5. The summed E-state index contributed by atoms with van der Waals surface area (Å²) in [5.41, 5.74) is 11.4. The summed E-state index contributed by atoms with van der Waals surface area (Å²) in [6.45, 7) is 8.16. The molecule has 31 heavy (non-hydrogen) atoms. The maximum absolute atomic E-state index is 12.0. The van der Waals surface area contributed by atoms with Crippen LogP contribution in [0.3, 0.4) is 0 Å². The van der Waals surface area contributed by atoms with Gasteiger partial charge < -0.3 is 32.7 Å². The van der Waals surface area contributed by atoms with Crippen molar-refractivity contribution in [1.82, 2.24) is 21.3 Å². The molecule has 2 amide bonds. The van der Waals surface area contributed by atoms with Gasteiger partial charge in [-0.25, -0.2) is 0 Å². The van der Waals surface area contributed by atoms with Gasteiger partial charge in [0.1, 0.15) is 0 Å². The van der Waals surface area contributed by atoms with Gasteiger partial charge in [0.2, 0.25) is 11.8 Å². The van der Waals surface area contributed by atoms with Crippen LogP contribution in [0.15, 0.2) is 0 Å². The normalized spacial score (nSPS) is 12.0. The van der Waals surface area contributed by atoms with Crippen LogP contribution in [-0.2, 0) is 9.59 Å². The molecule has 0 fully saturated rings. The van der Waals surface area contributed by atoms with E-state index < -0.39 is 6.04 Å². The number of rotatable bonds is 23. The van der Waals surface area contributed by atoms with Gasteiger partial charge in [0.05, 0.1) is 6.04 Å². The fourth-order valence-electron chi connectivity index (χ4n) is 3.18. The molecule has 0 heterocycles. The molecule has 184 valence electrons. The average Bonchev–Trinajstić information content (AvgIpc) is 2.77. The van der Waals surface area contributed by atoms with E-state index in [1.54, 1.807) is 0 Å². The zero-order valence-electron chi connectivity index (χ0n) is 20.0. The topological polar surface area (TPSA) is 134 Å². The summed E-state index contributed by atoms with van der Waals surface area (Å²) >= 11 is 0. The van der Waals surface area contributed by atoms with Gasteiger partial charge in [0, 0.05) is 19.5 Å². The molecule has 0 rings (SSSR count). The van der Waals surface area contributed by atoms with Crippen LogP contribution in [0.4, 0.5) is 0 Å². The summed E-state index contributed by atoms with van der Waals surface area (Å²) < 4.78 is 0. The molecule has 0 aliphatic carbocycles. The first-order valence-electron chi connectivity index (χ1n) is 12.5. The van der Waals surface area contributed by atoms with Gasteiger partial charge in [-0.05, 0) is 84.1 Å². The Morgan fingerprint density at radius 3 is 2.00 bits per heavy atom. The quantitative estimate of drug-likeness (QED) is 0.132. The zero-order valence-corrected chi connectivity index (χ0v) is 20.0.